The molecule has 0 spiro atoms. The van der Waals surface area contributed by atoms with Crippen molar-refractivity contribution in [3.8, 4) is 0 Å². The van der Waals surface area contributed by atoms with E-state index in [9.17, 15) is 9.59 Å². The molecule has 0 atom stereocenters. The number of thioether (sulfide) groups is 1. The van der Waals surface area contributed by atoms with Crippen molar-refractivity contribution in [2.75, 3.05) is 11.6 Å². The maximum atomic E-state index is 12.9. The molecule has 0 saturated heterocycles. The monoisotopic (exact) mass is 413 g/mol. The summed E-state index contributed by atoms with van der Waals surface area (Å²) in [6.45, 7) is 0.336. The van der Waals surface area contributed by atoms with Crippen LogP contribution in [-0.2, 0) is 29.9 Å². The van der Waals surface area contributed by atoms with Gasteiger partial charge in [0.1, 0.15) is 4.83 Å². The van der Waals surface area contributed by atoms with Crippen molar-refractivity contribution in [3.63, 3.8) is 0 Å². The number of anilines is 1. The maximum Gasteiger partial charge on any atom is 0.262 e. The molecule has 2 aromatic heterocycles. The molecule has 5 nitrogen and oxygen atoms in total. The van der Waals surface area contributed by atoms with Gasteiger partial charge in [-0.25, -0.2) is 4.98 Å². The quantitative estimate of drug-likeness (QED) is 0.657. The van der Waals surface area contributed by atoms with Crippen LogP contribution in [0.3, 0.4) is 0 Å². The second-order valence-corrected chi connectivity index (χ2v) is 9.02. The van der Waals surface area contributed by atoms with Crippen LogP contribution in [0.2, 0.25) is 0 Å². The van der Waals surface area contributed by atoms with E-state index in [1.54, 1.807) is 34.0 Å². The molecule has 1 aromatic carbocycles. The van der Waals surface area contributed by atoms with E-state index < -0.39 is 0 Å². The highest BCUT2D eigenvalue weighted by molar-refractivity contribution is 7.97. The van der Waals surface area contributed by atoms with E-state index in [4.69, 9.17) is 0 Å². The molecule has 1 aliphatic carbocycles. The van der Waals surface area contributed by atoms with Crippen molar-refractivity contribution in [2.24, 2.45) is 0 Å². The third-order valence-corrected chi connectivity index (χ3v) is 6.87. The van der Waals surface area contributed by atoms with Crippen molar-refractivity contribution in [3.05, 3.63) is 57.0 Å². The molecule has 146 valence electrons. The highest BCUT2D eigenvalue weighted by Crippen LogP contribution is 2.33. The smallest absolute Gasteiger partial charge is 0.262 e. The molecular formula is C21H23N3O2S2. The minimum absolute atomic E-state index is 0.0147. The second-order valence-electron chi connectivity index (χ2n) is 7.07. The number of nitrogens with one attached hydrogen (secondary N) is 1. The zero-order chi connectivity index (χ0) is 19.5. The fourth-order valence-electron chi connectivity index (χ4n) is 3.69. The summed E-state index contributed by atoms with van der Waals surface area (Å²) in [5, 5.41) is 3.70. The van der Waals surface area contributed by atoms with Crippen LogP contribution in [0.25, 0.3) is 10.2 Å². The number of carbonyl (C=O) groups is 1. The van der Waals surface area contributed by atoms with Gasteiger partial charge in [-0.1, -0.05) is 12.1 Å². The topological polar surface area (TPSA) is 64.0 Å². The first-order chi connectivity index (χ1) is 13.7. The first-order valence-corrected chi connectivity index (χ1v) is 11.7. The third-order valence-electron chi connectivity index (χ3n) is 5.04. The summed E-state index contributed by atoms with van der Waals surface area (Å²) < 4.78 is 1.58. The summed E-state index contributed by atoms with van der Waals surface area (Å²) in [6, 6.07) is 7.88. The SMILES string of the molecule is CSCc1cccc(NC(=O)CCn2cnc3sc4c(c3c2=O)CCCC4)c1. The van der Waals surface area contributed by atoms with Crippen LogP contribution < -0.4 is 10.9 Å². The Morgan fingerprint density at radius 2 is 2.18 bits per heavy atom. The molecule has 0 bridgehead atoms. The van der Waals surface area contributed by atoms with Crippen LogP contribution >= 0.6 is 23.1 Å². The Labute approximate surface area is 172 Å². The number of carbonyl (C=O) groups excluding carboxylic acids is 1. The number of hydrogen-bond acceptors (Lipinski definition) is 5. The number of aryl methyl sites for hydroxylation is 3. The van der Waals surface area contributed by atoms with Crippen molar-refractivity contribution in [2.45, 2.75) is 44.4 Å². The van der Waals surface area contributed by atoms with Gasteiger partial charge in [-0.3, -0.25) is 14.2 Å². The standard InChI is InChI=1S/C21H23N3O2S2/c1-27-12-14-5-4-6-15(11-14)23-18(25)9-10-24-13-22-20-19(21(24)26)16-7-2-3-8-17(16)28-20/h4-6,11,13H,2-3,7-10,12H2,1H3,(H,23,25). The Bertz CT molecular complexity index is 1070. The van der Waals surface area contributed by atoms with Crippen molar-refractivity contribution < 1.29 is 4.79 Å². The lowest BCUT2D eigenvalue weighted by atomic mass is 9.97. The van der Waals surface area contributed by atoms with Crippen LogP contribution in [0.15, 0.2) is 35.4 Å². The summed E-state index contributed by atoms with van der Waals surface area (Å²) in [6.07, 6.45) is 8.21. The van der Waals surface area contributed by atoms with Gasteiger partial charge < -0.3 is 5.32 Å². The molecule has 1 amide bonds. The number of aromatic nitrogens is 2. The highest BCUT2D eigenvalue weighted by Gasteiger charge is 2.20. The minimum Gasteiger partial charge on any atom is -0.326 e. The molecule has 0 unspecified atom stereocenters. The van der Waals surface area contributed by atoms with Crippen LogP contribution in [-0.4, -0.2) is 21.7 Å². The van der Waals surface area contributed by atoms with Crippen LogP contribution in [0.5, 0.6) is 0 Å². The van der Waals surface area contributed by atoms with Crippen LogP contribution in [0.4, 0.5) is 5.69 Å². The van der Waals surface area contributed by atoms with E-state index in [-0.39, 0.29) is 17.9 Å². The van der Waals surface area contributed by atoms with Crippen LogP contribution in [0, 0.1) is 0 Å². The maximum absolute atomic E-state index is 12.9. The number of fused-ring (bicyclic) bond motifs is 3. The normalized spacial score (nSPS) is 13.5. The number of amides is 1. The number of rotatable bonds is 6. The predicted molar refractivity (Wildman–Crippen MR) is 117 cm³/mol. The lowest BCUT2D eigenvalue weighted by molar-refractivity contribution is -0.116. The lowest BCUT2D eigenvalue weighted by Crippen LogP contribution is -2.24. The van der Waals surface area contributed by atoms with Gasteiger partial charge in [0.2, 0.25) is 5.91 Å². The van der Waals surface area contributed by atoms with E-state index >= 15 is 0 Å². The number of benzene rings is 1. The predicted octanol–water partition coefficient (Wildman–Crippen LogP) is 4.23. The van der Waals surface area contributed by atoms with Gasteiger partial charge in [0.25, 0.3) is 5.56 Å². The molecule has 1 aliphatic rings. The molecule has 0 radical (unpaired) electrons. The third kappa shape index (κ3) is 4.00. The number of nitrogens with zero attached hydrogens (tertiary/aromatic N) is 2. The van der Waals surface area contributed by atoms with E-state index in [2.05, 4.69) is 16.6 Å². The first kappa shape index (κ1) is 19.2. The Balaban J connectivity index is 1.46. The van der Waals surface area contributed by atoms with Crippen molar-refractivity contribution in [1.82, 2.24) is 9.55 Å². The van der Waals surface area contributed by atoms with Crippen molar-refractivity contribution in [1.29, 1.82) is 0 Å². The van der Waals surface area contributed by atoms with E-state index in [1.165, 1.54) is 22.4 Å². The molecule has 0 saturated carbocycles. The Hall–Kier alpha value is -2.12. The Morgan fingerprint density at radius 3 is 3.04 bits per heavy atom. The molecule has 1 N–H and O–H groups in total. The Morgan fingerprint density at radius 1 is 1.32 bits per heavy atom. The molecule has 4 rings (SSSR count). The van der Waals surface area contributed by atoms with Gasteiger partial charge in [-0.15, -0.1) is 11.3 Å². The average Bonchev–Trinajstić information content (AvgIpc) is 3.07. The van der Waals surface area contributed by atoms with Crippen molar-refractivity contribution >= 4 is 44.9 Å². The summed E-state index contributed by atoms with van der Waals surface area (Å²) in [7, 11) is 0. The summed E-state index contributed by atoms with van der Waals surface area (Å²) in [4.78, 5) is 31.9. The van der Waals surface area contributed by atoms with E-state index in [0.29, 0.717) is 6.54 Å². The molecule has 7 heteroatoms. The minimum atomic E-state index is -0.0966. The second kappa shape index (κ2) is 8.49. The van der Waals surface area contributed by atoms with Gasteiger partial charge in [0.15, 0.2) is 0 Å². The molecule has 0 aliphatic heterocycles. The van der Waals surface area contributed by atoms with Gasteiger partial charge in [0, 0.05) is 29.3 Å². The fraction of sp³-hybridized carbons (Fsp3) is 0.381. The van der Waals surface area contributed by atoms with E-state index in [1.807, 2.05) is 24.3 Å². The summed E-state index contributed by atoms with van der Waals surface area (Å²) >= 11 is 3.39. The first-order valence-electron chi connectivity index (χ1n) is 9.53. The molecular weight excluding hydrogens is 390 g/mol. The molecule has 3 aromatic rings. The Kier molecular flexibility index (Phi) is 5.82. The van der Waals surface area contributed by atoms with Gasteiger partial charge >= 0.3 is 0 Å². The average molecular weight is 414 g/mol. The lowest BCUT2D eigenvalue weighted by Gasteiger charge is -2.11. The fourth-order valence-corrected chi connectivity index (χ4v) is 5.42. The van der Waals surface area contributed by atoms with Gasteiger partial charge in [-0.2, -0.15) is 11.8 Å². The number of thiophene rings is 1. The number of hydrogen-bond donors (Lipinski definition) is 1. The molecule has 2 heterocycles. The summed E-state index contributed by atoms with van der Waals surface area (Å²) in [5.74, 6) is 0.816. The van der Waals surface area contributed by atoms with Gasteiger partial charge in [-0.05, 0) is 55.2 Å². The molecule has 28 heavy (non-hydrogen) atoms. The summed E-state index contributed by atoms with van der Waals surface area (Å²) in [5.41, 5.74) is 3.15. The van der Waals surface area contributed by atoms with Gasteiger partial charge in [0.05, 0.1) is 11.7 Å². The molecule has 0 fully saturated rings. The van der Waals surface area contributed by atoms with E-state index in [0.717, 1.165) is 40.9 Å². The van der Waals surface area contributed by atoms with Crippen LogP contribution in [0.1, 0.15) is 35.3 Å². The highest BCUT2D eigenvalue weighted by atomic mass is 32.2. The zero-order valence-electron chi connectivity index (χ0n) is 15.9. The largest absolute Gasteiger partial charge is 0.326 e. The zero-order valence-corrected chi connectivity index (χ0v) is 17.5.